The second kappa shape index (κ2) is 5.66. The van der Waals surface area contributed by atoms with Gasteiger partial charge in [-0.15, -0.1) is 0 Å². The van der Waals surface area contributed by atoms with E-state index < -0.39 is 0 Å². The Labute approximate surface area is 127 Å². The molecule has 0 bridgehead atoms. The minimum atomic E-state index is -0.00319. The van der Waals surface area contributed by atoms with Gasteiger partial charge in [0.1, 0.15) is 0 Å². The van der Waals surface area contributed by atoms with Crippen molar-refractivity contribution in [2.75, 3.05) is 11.4 Å². The number of carbonyl (C=O) groups is 1. The Bertz CT molecular complexity index is 744. The van der Waals surface area contributed by atoms with Gasteiger partial charge in [-0.1, -0.05) is 41.2 Å². The highest BCUT2D eigenvalue weighted by Crippen LogP contribution is 2.29. The number of para-hydroxylation sites is 1. The zero-order chi connectivity index (χ0) is 14.8. The van der Waals surface area contributed by atoms with E-state index in [1.807, 2.05) is 62.4 Å². The molecule has 1 amide bonds. The molecule has 3 rings (SSSR count). The van der Waals surface area contributed by atoms with Crippen molar-refractivity contribution in [3.05, 3.63) is 59.7 Å². The molecule has 0 atom stereocenters. The predicted octanol–water partition coefficient (Wildman–Crippen LogP) is 4.27. The van der Waals surface area contributed by atoms with Gasteiger partial charge in [-0.25, -0.2) is 4.98 Å². The van der Waals surface area contributed by atoms with E-state index in [1.165, 1.54) is 0 Å². The van der Waals surface area contributed by atoms with Crippen molar-refractivity contribution in [3.63, 3.8) is 0 Å². The summed E-state index contributed by atoms with van der Waals surface area (Å²) in [5.41, 5.74) is 2.78. The van der Waals surface area contributed by atoms with E-state index in [0.29, 0.717) is 12.1 Å². The standard InChI is InChI=1S/C17H16N2OS/c1-3-19(16(20)13-10-8-12(2)9-11-13)17-18-14-6-4-5-7-15(14)21-17/h4-11H,3H2,1-2H3. The number of rotatable bonds is 3. The number of aryl methyl sites for hydroxylation is 1. The summed E-state index contributed by atoms with van der Waals surface area (Å²) in [4.78, 5) is 19.0. The van der Waals surface area contributed by atoms with Crippen LogP contribution in [0.3, 0.4) is 0 Å². The first-order valence-electron chi connectivity index (χ1n) is 6.93. The second-order valence-electron chi connectivity index (χ2n) is 4.88. The number of thiazole rings is 1. The van der Waals surface area contributed by atoms with Crippen molar-refractivity contribution in [2.45, 2.75) is 13.8 Å². The maximum absolute atomic E-state index is 12.7. The maximum Gasteiger partial charge on any atom is 0.260 e. The van der Waals surface area contributed by atoms with Crippen molar-refractivity contribution in [3.8, 4) is 0 Å². The first kappa shape index (κ1) is 13.8. The lowest BCUT2D eigenvalue weighted by molar-refractivity contribution is 0.0988. The Morgan fingerprint density at radius 3 is 2.52 bits per heavy atom. The number of hydrogen-bond acceptors (Lipinski definition) is 3. The average Bonchev–Trinajstić information content (AvgIpc) is 2.92. The molecule has 0 spiro atoms. The summed E-state index contributed by atoms with van der Waals surface area (Å²) in [7, 11) is 0. The zero-order valence-electron chi connectivity index (χ0n) is 12.0. The van der Waals surface area contributed by atoms with Crippen molar-refractivity contribution in [1.29, 1.82) is 0 Å². The molecule has 106 valence electrons. The van der Waals surface area contributed by atoms with Gasteiger partial charge in [0.05, 0.1) is 10.2 Å². The summed E-state index contributed by atoms with van der Waals surface area (Å²) in [5.74, 6) is -0.00319. The highest BCUT2D eigenvalue weighted by atomic mass is 32.1. The molecule has 1 heterocycles. The predicted molar refractivity (Wildman–Crippen MR) is 88.1 cm³/mol. The van der Waals surface area contributed by atoms with Gasteiger partial charge < -0.3 is 0 Å². The lowest BCUT2D eigenvalue weighted by Gasteiger charge is -2.17. The Balaban J connectivity index is 1.97. The molecule has 0 saturated heterocycles. The van der Waals surface area contributed by atoms with Crippen molar-refractivity contribution in [2.24, 2.45) is 0 Å². The van der Waals surface area contributed by atoms with Crippen LogP contribution in [-0.2, 0) is 0 Å². The third-order valence-corrected chi connectivity index (χ3v) is 4.43. The Morgan fingerprint density at radius 1 is 1.14 bits per heavy atom. The molecule has 0 aliphatic rings. The number of benzene rings is 2. The molecular formula is C17H16N2OS. The van der Waals surface area contributed by atoms with Crippen LogP contribution in [0.4, 0.5) is 5.13 Å². The first-order valence-corrected chi connectivity index (χ1v) is 7.75. The average molecular weight is 296 g/mol. The highest BCUT2D eigenvalue weighted by molar-refractivity contribution is 7.22. The van der Waals surface area contributed by atoms with Gasteiger partial charge >= 0.3 is 0 Å². The van der Waals surface area contributed by atoms with Crippen molar-refractivity contribution < 1.29 is 4.79 Å². The minimum absolute atomic E-state index is 0.00319. The molecule has 21 heavy (non-hydrogen) atoms. The summed E-state index contributed by atoms with van der Waals surface area (Å²) in [6.45, 7) is 4.59. The summed E-state index contributed by atoms with van der Waals surface area (Å²) in [6, 6.07) is 15.6. The third-order valence-electron chi connectivity index (χ3n) is 3.37. The van der Waals surface area contributed by atoms with E-state index in [4.69, 9.17) is 0 Å². The zero-order valence-corrected chi connectivity index (χ0v) is 12.9. The van der Waals surface area contributed by atoms with Crippen molar-refractivity contribution in [1.82, 2.24) is 4.98 Å². The van der Waals surface area contributed by atoms with E-state index in [2.05, 4.69) is 4.98 Å². The normalized spacial score (nSPS) is 10.8. The first-order chi connectivity index (χ1) is 10.2. The van der Waals surface area contributed by atoms with Gasteiger partial charge in [0.2, 0.25) is 0 Å². The fraction of sp³-hybridized carbons (Fsp3) is 0.176. The van der Waals surface area contributed by atoms with Crippen LogP contribution < -0.4 is 4.90 Å². The second-order valence-corrected chi connectivity index (χ2v) is 5.89. The van der Waals surface area contributed by atoms with Gasteiger partial charge in [0, 0.05) is 12.1 Å². The van der Waals surface area contributed by atoms with Gasteiger partial charge in [0.25, 0.3) is 5.91 Å². The number of aromatic nitrogens is 1. The molecule has 0 fully saturated rings. The molecule has 3 aromatic rings. The largest absolute Gasteiger partial charge is 0.284 e. The Kier molecular flexibility index (Phi) is 3.71. The topological polar surface area (TPSA) is 33.2 Å². The lowest BCUT2D eigenvalue weighted by Crippen LogP contribution is -2.30. The summed E-state index contributed by atoms with van der Waals surface area (Å²) >= 11 is 1.55. The minimum Gasteiger partial charge on any atom is -0.284 e. The van der Waals surface area contributed by atoms with E-state index in [-0.39, 0.29) is 5.91 Å². The number of fused-ring (bicyclic) bond motifs is 1. The summed E-state index contributed by atoms with van der Waals surface area (Å²) < 4.78 is 1.10. The van der Waals surface area contributed by atoms with Crippen LogP contribution in [0.2, 0.25) is 0 Å². The molecule has 0 radical (unpaired) electrons. The lowest BCUT2D eigenvalue weighted by atomic mass is 10.1. The number of anilines is 1. The number of amides is 1. The Hall–Kier alpha value is -2.20. The Morgan fingerprint density at radius 2 is 1.86 bits per heavy atom. The molecule has 0 N–H and O–H groups in total. The van der Waals surface area contributed by atoms with Crippen LogP contribution in [0.25, 0.3) is 10.2 Å². The van der Waals surface area contributed by atoms with E-state index >= 15 is 0 Å². The van der Waals surface area contributed by atoms with E-state index in [9.17, 15) is 4.79 Å². The van der Waals surface area contributed by atoms with Crippen LogP contribution in [0.1, 0.15) is 22.8 Å². The third kappa shape index (κ3) is 2.67. The summed E-state index contributed by atoms with van der Waals surface area (Å²) in [5, 5.41) is 0.754. The maximum atomic E-state index is 12.7. The number of hydrogen-bond donors (Lipinski definition) is 0. The molecule has 1 aromatic heterocycles. The van der Waals surface area contributed by atoms with Crippen LogP contribution in [-0.4, -0.2) is 17.4 Å². The van der Waals surface area contributed by atoms with Crippen LogP contribution in [0, 0.1) is 6.92 Å². The fourth-order valence-electron chi connectivity index (χ4n) is 2.19. The van der Waals surface area contributed by atoms with E-state index in [1.54, 1.807) is 16.2 Å². The van der Waals surface area contributed by atoms with Crippen LogP contribution in [0.5, 0.6) is 0 Å². The smallest absolute Gasteiger partial charge is 0.260 e. The van der Waals surface area contributed by atoms with Gasteiger partial charge in [-0.3, -0.25) is 9.69 Å². The molecule has 3 nitrogen and oxygen atoms in total. The molecule has 0 unspecified atom stereocenters. The molecular weight excluding hydrogens is 280 g/mol. The monoisotopic (exact) mass is 296 g/mol. The number of carbonyl (C=O) groups excluding carboxylic acids is 1. The molecule has 0 aliphatic heterocycles. The molecule has 2 aromatic carbocycles. The van der Waals surface area contributed by atoms with Gasteiger partial charge in [0.15, 0.2) is 5.13 Å². The summed E-state index contributed by atoms with van der Waals surface area (Å²) in [6.07, 6.45) is 0. The van der Waals surface area contributed by atoms with Crippen LogP contribution in [0.15, 0.2) is 48.5 Å². The van der Waals surface area contributed by atoms with E-state index in [0.717, 1.165) is 20.9 Å². The quantitative estimate of drug-likeness (QED) is 0.723. The fourth-order valence-corrected chi connectivity index (χ4v) is 3.22. The molecule has 0 aliphatic carbocycles. The van der Waals surface area contributed by atoms with Crippen molar-refractivity contribution >= 4 is 32.6 Å². The van der Waals surface area contributed by atoms with Gasteiger partial charge in [-0.2, -0.15) is 0 Å². The molecule has 4 heteroatoms. The SMILES string of the molecule is CCN(C(=O)c1ccc(C)cc1)c1nc2ccccc2s1. The number of nitrogens with zero attached hydrogens (tertiary/aromatic N) is 2. The van der Waals surface area contributed by atoms with Gasteiger partial charge in [-0.05, 0) is 38.1 Å². The molecule has 0 saturated carbocycles. The van der Waals surface area contributed by atoms with Crippen LogP contribution >= 0.6 is 11.3 Å². The highest BCUT2D eigenvalue weighted by Gasteiger charge is 2.19.